The van der Waals surface area contributed by atoms with Gasteiger partial charge in [0.1, 0.15) is 21.6 Å². The first-order valence-corrected chi connectivity index (χ1v) is 9.02. The number of hydrogen-bond donors (Lipinski definition) is 0. The molecule has 0 saturated carbocycles. The van der Waals surface area contributed by atoms with Crippen LogP contribution in [0.5, 0.6) is 17.2 Å². The minimum Gasteiger partial charge on any atom is -0.493 e. The highest BCUT2D eigenvalue weighted by Gasteiger charge is 2.23. The zero-order valence-corrected chi connectivity index (χ0v) is 17.1. The van der Waals surface area contributed by atoms with Crippen molar-refractivity contribution in [1.29, 1.82) is 0 Å². The lowest BCUT2D eigenvalue weighted by molar-refractivity contribution is -0.136. The highest BCUT2D eigenvalue weighted by molar-refractivity contribution is 6.61. The molecule has 0 aliphatic heterocycles. The third-order valence-electron chi connectivity index (χ3n) is 3.31. The standard InChI is InChI=1S/C18H13Cl4FO4/c1-3-26-18(24)16(17(21)22)10-7-14(11(20)8-12(10)23)27-13-5-4-9(19)6-15(13)25-2/h4-8H,3H2,1-2H3. The van der Waals surface area contributed by atoms with Crippen LogP contribution in [0.4, 0.5) is 4.39 Å². The Bertz CT molecular complexity index is 895. The van der Waals surface area contributed by atoms with Gasteiger partial charge in [-0.1, -0.05) is 46.4 Å². The van der Waals surface area contributed by atoms with E-state index in [0.29, 0.717) is 10.8 Å². The van der Waals surface area contributed by atoms with E-state index in [0.717, 1.165) is 6.07 Å². The number of halogens is 5. The predicted molar refractivity (Wildman–Crippen MR) is 105 cm³/mol. The molecule has 0 amide bonds. The van der Waals surface area contributed by atoms with E-state index in [4.69, 9.17) is 60.6 Å². The molecule has 144 valence electrons. The molecular formula is C18H13Cl4FO4. The van der Waals surface area contributed by atoms with Gasteiger partial charge in [-0.15, -0.1) is 0 Å². The van der Waals surface area contributed by atoms with Crippen molar-refractivity contribution < 1.29 is 23.4 Å². The normalized spacial score (nSPS) is 10.3. The van der Waals surface area contributed by atoms with E-state index in [2.05, 4.69) is 0 Å². The van der Waals surface area contributed by atoms with Crippen molar-refractivity contribution in [2.45, 2.75) is 6.92 Å². The third-order valence-corrected chi connectivity index (χ3v) is 4.21. The quantitative estimate of drug-likeness (QED) is 0.363. The lowest BCUT2D eigenvalue weighted by Crippen LogP contribution is -2.09. The molecule has 0 atom stereocenters. The monoisotopic (exact) mass is 452 g/mol. The van der Waals surface area contributed by atoms with Gasteiger partial charge >= 0.3 is 5.97 Å². The topological polar surface area (TPSA) is 44.8 Å². The molecule has 0 saturated heterocycles. The van der Waals surface area contributed by atoms with Crippen LogP contribution < -0.4 is 9.47 Å². The number of rotatable bonds is 6. The van der Waals surface area contributed by atoms with Crippen LogP contribution >= 0.6 is 46.4 Å². The van der Waals surface area contributed by atoms with Crippen molar-refractivity contribution in [3.05, 3.63) is 56.2 Å². The zero-order valence-electron chi connectivity index (χ0n) is 14.1. The van der Waals surface area contributed by atoms with Crippen LogP contribution in [0.3, 0.4) is 0 Å². The molecule has 0 aliphatic carbocycles. The molecule has 0 bridgehead atoms. The minimum atomic E-state index is -0.881. The van der Waals surface area contributed by atoms with E-state index in [1.807, 2.05) is 0 Å². The first-order chi connectivity index (χ1) is 12.8. The van der Waals surface area contributed by atoms with Crippen LogP contribution in [0.15, 0.2) is 34.8 Å². The highest BCUT2D eigenvalue weighted by atomic mass is 35.5. The molecule has 0 fully saturated rings. The molecule has 0 spiro atoms. The Morgan fingerprint density at radius 2 is 1.78 bits per heavy atom. The molecule has 0 heterocycles. The fraction of sp³-hybridized carbons (Fsp3) is 0.167. The second kappa shape index (κ2) is 9.51. The van der Waals surface area contributed by atoms with Crippen LogP contribution in [0, 0.1) is 5.82 Å². The second-order valence-electron chi connectivity index (χ2n) is 5.02. The largest absolute Gasteiger partial charge is 0.493 e. The smallest absolute Gasteiger partial charge is 0.341 e. The van der Waals surface area contributed by atoms with Crippen molar-refractivity contribution >= 4 is 57.9 Å². The van der Waals surface area contributed by atoms with Gasteiger partial charge in [0.2, 0.25) is 0 Å². The Morgan fingerprint density at radius 1 is 1.07 bits per heavy atom. The fourth-order valence-corrected chi connectivity index (χ4v) is 2.84. The Balaban J connectivity index is 2.53. The average Bonchev–Trinajstić information content (AvgIpc) is 2.60. The molecule has 2 rings (SSSR count). The van der Waals surface area contributed by atoms with Crippen molar-refractivity contribution in [1.82, 2.24) is 0 Å². The predicted octanol–water partition coefficient (Wildman–Crippen LogP) is 6.64. The van der Waals surface area contributed by atoms with Gasteiger partial charge in [-0.2, -0.15) is 0 Å². The van der Waals surface area contributed by atoms with E-state index >= 15 is 0 Å². The summed E-state index contributed by atoms with van der Waals surface area (Å²) in [7, 11) is 1.44. The number of methoxy groups -OCH3 is 1. The molecule has 0 radical (unpaired) electrons. The Morgan fingerprint density at radius 3 is 2.37 bits per heavy atom. The van der Waals surface area contributed by atoms with Gasteiger partial charge in [-0.05, 0) is 31.2 Å². The number of carbonyl (C=O) groups excluding carboxylic acids is 1. The van der Waals surface area contributed by atoms with E-state index in [9.17, 15) is 9.18 Å². The summed E-state index contributed by atoms with van der Waals surface area (Å²) >= 11 is 23.5. The highest BCUT2D eigenvalue weighted by Crippen LogP contribution is 2.39. The first kappa shape index (κ1) is 21.6. The van der Waals surface area contributed by atoms with Crippen LogP contribution in [-0.4, -0.2) is 19.7 Å². The van der Waals surface area contributed by atoms with Crippen molar-refractivity contribution in [3.8, 4) is 17.2 Å². The van der Waals surface area contributed by atoms with E-state index in [-0.39, 0.29) is 34.3 Å². The number of benzene rings is 2. The van der Waals surface area contributed by atoms with Crippen LogP contribution in [-0.2, 0) is 9.53 Å². The van der Waals surface area contributed by atoms with Crippen molar-refractivity contribution in [2.24, 2.45) is 0 Å². The maximum absolute atomic E-state index is 14.4. The third kappa shape index (κ3) is 5.20. The van der Waals surface area contributed by atoms with E-state index in [1.54, 1.807) is 19.1 Å². The lowest BCUT2D eigenvalue weighted by Gasteiger charge is -2.14. The van der Waals surface area contributed by atoms with Crippen LogP contribution in [0.25, 0.3) is 5.57 Å². The molecule has 0 unspecified atom stereocenters. The van der Waals surface area contributed by atoms with Gasteiger partial charge in [0.05, 0.1) is 18.7 Å². The number of ether oxygens (including phenoxy) is 3. The Hall–Kier alpha value is -1.66. The molecule has 9 heteroatoms. The van der Waals surface area contributed by atoms with Crippen molar-refractivity contribution in [3.63, 3.8) is 0 Å². The average molecular weight is 454 g/mol. The van der Waals surface area contributed by atoms with Gasteiger partial charge in [0, 0.05) is 16.7 Å². The lowest BCUT2D eigenvalue weighted by atomic mass is 10.1. The molecular weight excluding hydrogens is 441 g/mol. The van der Waals surface area contributed by atoms with Crippen molar-refractivity contribution in [2.75, 3.05) is 13.7 Å². The van der Waals surface area contributed by atoms with Gasteiger partial charge in [0.25, 0.3) is 0 Å². The van der Waals surface area contributed by atoms with E-state index in [1.165, 1.54) is 19.2 Å². The minimum absolute atomic E-state index is 0.0397. The molecule has 27 heavy (non-hydrogen) atoms. The van der Waals surface area contributed by atoms with Gasteiger partial charge in [-0.25, -0.2) is 9.18 Å². The molecule has 0 N–H and O–H groups in total. The van der Waals surface area contributed by atoms with E-state index < -0.39 is 16.3 Å². The molecule has 0 aliphatic rings. The maximum Gasteiger partial charge on any atom is 0.341 e. The molecule has 0 aromatic heterocycles. The Kier molecular flexibility index (Phi) is 7.62. The first-order valence-electron chi connectivity index (χ1n) is 7.51. The summed E-state index contributed by atoms with van der Waals surface area (Å²) in [6.45, 7) is 1.65. The molecule has 2 aromatic rings. The maximum atomic E-state index is 14.4. The summed E-state index contributed by atoms with van der Waals surface area (Å²) in [5.41, 5.74) is -0.567. The summed E-state index contributed by atoms with van der Waals surface area (Å²) in [4.78, 5) is 12.1. The van der Waals surface area contributed by atoms with Gasteiger partial charge in [-0.3, -0.25) is 0 Å². The van der Waals surface area contributed by atoms with Gasteiger partial charge in [0.15, 0.2) is 11.5 Å². The summed E-state index contributed by atoms with van der Waals surface area (Å²) in [5, 5.41) is 0.397. The summed E-state index contributed by atoms with van der Waals surface area (Å²) < 4.78 is 29.8. The zero-order chi connectivity index (χ0) is 20.1. The fourth-order valence-electron chi connectivity index (χ4n) is 2.14. The SMILES string of the molecule is CCOC(=O)C(=C(Cl)Cl)c1cc(Oc2ccc(Cl)cc2OC)c(Cl)cc1F. The van der Waals surface area contributed by atoms with Gasteiger partial charge < -0.3 is 14.2 Å². The number of esters is 1. The summed E-state index contributed by atoms with van der Waals surface area (Å²) in [6, 6.07) is 6.84. The number of hydrogen-bond acceptors (Lipinski definition) is 4. The second-order valence-corrected chi connectivity index (χ2v) is 6.81. The van der Waals surface area contributed by atoms with Crippen LogP contribution in [0.1, 0.15) is 12.5 Å². The summed E-state index contributed by atoms with van der Waals surface area (Å²) in [6.07, 6.45) is 0. The summed E-state index contributed by atoms with van der Waals surface area (Å²) in [5.74, 6) is -1.04. The molecule has 4 nitrogen and oxygen atoms in total. The molecule has 2 aromatic carbocycles. The number of carbonyl (C=O) groups is 1. The van der Waals surface area contributed by atoms with Crippen LogP contribution in [0.2, 0.25) is 10.0 Å². The Labute approximate surface area is 175 Å².